The van der Waals surface area contributed by atoms with E-state index in [9.17, 15) is 0 Å². The molecule has 0 aromatic heterocycles. The molecule has 0 heterocycles. The zero-order chi connectivity index (χ0) is 4.99. The molecule has 0 radical (unpaired) electrons. The fourth-order valence-electron chi connectivity index (χ4n) is 0.0770. The van der Waals surface area contributed by atoms with Gasteiger partial charge in [0.1, 0.15) is 0 Å². The maximum atomic E-state index is 7.86. The number of hydrogen-bond donors (Lipinski definition) is 3. The van der Waals surface area contributed by atoms with Crippen LogP contribution in [-0.2, 0) is 0 Å². The third kappa shape index (κ3) is 3.46. The van der Waals surface area contributed by atoms with Crippen molar-refractivity contribution < 1.29 is 15.3 Å². The van der Waals surface area contributed by atoms with E-state index in [1.54, 1.807) is 0 Å². The molecule has 0 saturated heterocycles. The molecular weight excluding hydrogens is 84.0 g/mol. The van der Waals surface area contributed by atoms with Crippen LogP contribution in [0.3, 0.4) is 0 Å². The van der Waals surface area contributed by atoms with Gasteiger partial charge in [-0.2, -0.15) is 0 Å². The Morgan fingerprint density at radius 2 is 1.83 bits per heavy atom. The molecule has 0 fully saturated rings. The molecule has 0 bridgehead atoms. The van der Waals surface area contributed by atoms with Crippen LogP contribution >= 0.6 is 0 Å². The largest absolute Gasteiger partial charge is 0.516 e. The molecule has 0 aromatic carbocycles. The second-order valence-electron chi connectivity index (χ2n) is 0.755. The van der Waals surface area contributed by atoms with Crippen LogP contribution in [0, 0.1) is 0 Å². The molecule has 3 heteroatoms. The highest BCUT2D eigenvalue weighted by molar-refractivity contribution is 4.72. The maximum absolute atomic E-state index is 7.86. The average molecular weight is 90.1 g/mol. The molecule has 0 aromatic rings. The van der Waals surface area contributed by atoms with E-state index in [0.717, 1.165) is 6.08 Å². The van der Waals surface area contributed by atoms with E-state index in [0.29, 0.717) is 6.26 Å². The second-order valence-corrected chi connectivity index (χ2v) is 0.755. The van der Waals surface area contributed by atoms with Gasteiger partial charge in [-0.05, 0) is 0 Å². The molecular formula is C3H6O3. The highest BCUT2D eigenvalue weighted by Crippen LogP contribution is 1.72. The normalized spacial score (nSPS) is 11.2. The minimum atomic E-state index is -1.53. The Bertz CT molecular complexity index is 48.0. The molecule has 36 valence electrons. The van der Waals surface area contributed by atoms with Gasteiger partial charge >= 0.3 is 0 Å². The lowest BCUT2D eigenvalue weighted by atomic mass is 10.6. The van der Waals surface area contributed by atoms with Crippen molar-refractivity contribution in [1.29, 1.82) is 0 Å². The standard InChI is InChI=1S/C3H6O3/c4-2-1-3(5)6/h1-6H/b2-1+. The van der Waals surface area contributed by atoms with Crippen LogP contribution in [0.15, 0.2) is 12.3 Å². The van der Waals surface area contributed by atoms with Crippen LogP contribution in [0.2, 0.25) is 0 Å². The van der Waals surface area contributed by atoms with E-state index in [1.165, 1.54) is 0 Å². The molecule has 0 rings (SSSR count). The summed E-state index contributed by atoms with van der Waals surface area (Å²) < 4.78 is 0. The lowest BCUT2D eigenvalue weighted by molar-refractivity contribution is 0.00107. The van der Waals surface area contributed by atoms with Gasteiger partial charge in [0.15, 0.2) is 6.29 Å². The van der Waals surface area contributed by atoms with E-state index in [-0.39, 0.29) is 0 Å². The monoisotopic (exact) mass is 90.0 g/mol. The quantitative estimate of drug-likeness (QED) is 0.297. The predicted octanol–water partition coefficient (Wildman–Crippen LogP) is -0.631. The molecule has 6 heavy (non-hydrogen) atoms. The Hall–Kier alpha value is -0.540. The fourth-order valence-corrected chi connectivity index (χ4v) is 0.0770. The predicted molar refractivity (Wildman–Crippen MR) is 20.0 cm³/mol. The van der Waals surface area contributed by atoms with Gasteiger partial charge in [-0.15, -0.1) is 0 Å². The molecule has 3 N–H and O–H groups in total. The minimum absolute atomic E-state index is 0.574. The van der Waals surface area contributed by atoms with Crippen LogP contribution < -0.4 is 0 Å². The molecule has 3 nitrogen and oxygen atoms in total. The summed E-state index contributed by atoms with van der Waals surface area (Å²) in [5.41, 5.74) is 0. The van der Waals surface area contributed by atoms with Gasteiger partial charge < -0.3 is 15.3 Å². The average Bonchev–Trinajstić information content (AvgIpc) is 1.35. The first kappa shape index (κ1) is 5.46. The van der Waals surface area contributed by atoms with Crippen molar-refractivity contribution in [3.63, 3.8) is 0 Å². The third-order valence-electron chi connectivity index (χ3n) is 0.258. The van der Waals surface area contributed by atoms with Crippen LogP contribution in [0.25, 0.3) is 0 Å². The summed E-state index contributed by atoms with van der Waals surface area (Å²) in [4.78, 5) is 0. The first-order valence-corrected chi connectivity index (χ1v) is 1.44. The van der Waals surface area contributed by atoms with Gasteiger partial charge in [0.25, 0.3) is 0 Å². The van der Waals surface area contributed by atoms with Crippen molar-refractivity contribution in [3.05, 3.63) is 12.3 Å². The molecule has 0 saturated carbocycles. The van der Waals surface area contributed by atoms with Crippen molar-refractivity contribution in [2.75, 3.05) is 0 Å². The Morgan fingerprint density at radius 1 is 1.33 bits per heavy atom. The summed E-state index contributed by atoms with van der Waals surface area (Å²) in [6, 6.07) is 0. The molecule has 0 aliphatic heterocycles. The summed E-state index contributed by atoms with van der Waals surface area (Å²) in [5, 5.41) is 23.5. The van der Waals surface area contributed by atoms with Crippen molar-refractivity contribution >= 4 is 0 Å². The number of rotatable bonds is 1. The van der Waals surface area contributed by atoms with E-state index in [1.807, 2.05) is 0 Å². The summed E-state index contributed by atoms with van der Waals surface area (Å²) in [6.45, 7) is 0. The van der Waals surface area contributed by atoms with Crippen LogP contribution in [0.5, 0.6) is 0 Å². The van der Waals surface area contributed by atoms with Crippen molar-refractivity contribution in [2.24, 2.45) is 0 Å². The van der Waals surface area contributed by atoms with Gasteiger partial charge in [-0.1, -0.05) is 0 Å². The summed E-state index contributed by atoms with van der Waals surface area (Å²) in [6.07, 6.45) is -0.125. The van der Waals surface area contributed by atoms with Crippen molar-refractivity contribution in [3.8, 4) is 0 Å². The summed E-state index contributed by atoms with van der Waals surface area (Å²) in [5.74, 6) is 0. The van der Waals surface area contributed by atoms with Gasteiger partial charge in [0.2, 0.25) is 0 Å². The molecule has 0 amide bonds. The Kier molecular flexibility index (Phi) is 2.44. The van der Waals surface area contributed by atoms with E-state index < -0.39 is 6.29 Å². The van der Waals surface area contributed by atoms with Crippen molar-refractivity contribution in [1.82, 2.24) is 0 Å². The minimum Gasteiger partial charge on any atom is -0.516 e. The smallest absolute Gasteiger partial charge is 0.174 e. The summed E-state index contributed by atoms with van der Waals surface area (Å²) in [7, 11) is 0. The third-order valence-corrected chi connectivity index (χ3v) is 0.258. The van der Waals surface area contributed by atoms with Gasteiger partial charge in [0, 0.05) is 6.08 Å². The highest BCUT2D eigenvalue weighted by Gasteiger charge is 1.81. The summed E-state index contributed by atoms with van der Waals surface area (Å²) >= 11 is 0. The Balaban J connectivity index is 3.03. The van der Waals surface area contributed by atoms with Gasteiger partial charge in [-0.3, -0.25) is 0 Å². The molecule has 0 aliphatic carbocycles. The van der Waals surface area contributed by atoms with E-state index in [2.05, 4.69) is 0 Å². The lowest BCUT2D eigenvalue weighted by Crippen LogP contribution is -1.96. The van der Waals surface area contributed by atoms with Crippen LogP contribution in [0.4, 0.5) is 0 Å². The number of aliphatic hydroxyl groups excluding tert-OH is 2. The van der Waals surface area contributed by atoms with Gasteiger partial charge in [0.05, 0.1) is 6.26 Å². The first-order valence-electron chi connectivity index (χ1n) is 1.44. The zero-order valence-corrected chi connectivity index (χ0v) is 3.07. The van der Waals surface area contributed by atoms with Gasteiger partial charge in [-0.25, -0.2) is 0 Å². The van der Waals surface area contributed by atoms with E-state index in [4.69, 9.17) is 15.3 Å². The molecule has 0 aliphatic rings. The highest BCUT2D eigenvalue weighted by atomic mass is 16.5. The van der Waals surface area contributed by atoms with Crippen LogP contribution in [0.1, 0.15) is 0 Å². The van der Waals surface area contributed by atoms with Crippen molar-refractivity contribution in [2.45, 2.75) is 6.29 Å². The van der Waals surface area contributed by atoms with E-state index >= 15 is 0 Å². The zero-order valence-electron chi connectivity index (χ0n) is 3.07. The Labute approximate surface area is 35.2 Å². The lowest BCUT2D eigenvalue weighted by Gasteiger charge is -1.86. The number of aliphatic hydroxyl groups is 3. The molecule has 0 atom stereocenters. The number of hydrogen-bond acceptors (Lipinski definition) is 3. The fraction of sp³-hybridized carbons (Fsp3) is 0.333. The maximum Gasteiger partial charge on any atom is 0.174 e. The van der Waals surface area contributed by atoms with Crippen LogP contribution in [-0.4, -0.2) is 21.6 Å². The molecule has 0 spiro atoms. The first-order chi connectivity index (χ1) is 2.77. The SMILES string of the molecule is O/C=C/C(O)O. The second kappa shape index (κ2) is 2.68. The molecule has 0 unspecified atom stereocenters. The Morgan fingerprint density at radius 3 is 1.83 bits per heavy atom. The topological polar surface area (TPSA) is 60.7 Å².